The van der Waals surface area contributed by atoms with Crippen LogP contribution >= 0.6 is 35.0 Å². The fourth-order valence-electron chi connectivity index (χ4n) is 3.67. The van der Waals surface area contributed by atoms with Crippen LogP contribution in [0.2, 0.25) is 10.0 Å². The summed E-state index contributed by atoms with van der Waals surface area (Å²) in [6.45, 7) is 1.39. The topological polar surface area (TPSA) is 131 Å². The van der Waals surface area contributed by atoms with E-state index in [4.69, 9.17) is 38.4 Å². The molecule has 35 heavy (non-hydrogen) atoms. The Labute approximate surface area is 217 Å². The molecule has 1 fully saturated rings. The highest BCUT2D eigenvalue weighted by Gasteiger charge is 2.45. The molecule has 2 aromatic carbocycles. The average Bonchev–Trinajstić information content (AvgIpc) is 2.83. The monoisotopic (exact) mass is 537 g/mol. The molecule has 0 saturated carbocycles. The quantitative estimate of drug-likeness (QED) is 0.357. The lowest BCUT2D eigenvalue weighted by Gasteiger charge is -2.41. The average molecular weight is 538 g/mol. The van der Waals surface area contributed by atoms with Crippen molar-refractivity contribution in [3.05, 3.63) is 69.8 Å². The van der Waals surface area contributed by atoms with Crippen LogP contribution < -0.4 is 5.73 Å². The number of hydrogen-bond donors (Lipinski definition) is 4. The van der Waals surface area contributed by atoms with E-state index in [1.54, 1.807) is 24.3 Å². The Morgan fingerprint density at radius 2 is 1.80 bits per heavy atom. The summed E-state index contributed by atoms with van der Waals surface area (Å²) >= 11 is 13.4. The molecule has 0 amide bonds. The number of nitrogen functional groups attached to an aromatic ring is 1. The number of nitrogens with zero attached hydrogens (tertiary/aromatic N) is 2. The molecule has 0 bridgehead atoms. The Bertz CT molecular complexity index is 1170. The summed E-state index contributed by atoms with van der Waals surface area (Å²) in [4.78, 5) is 9.24. The molecule has 0 radical (unpaired) electrons. The van der Waals surface area contributed by atoms with E-state index in [1.807, 2.05) is 31.2 Å². The molecule has 0 aliphatic carbocycles. The summed E-state index contributed by atoms with van der Waals surface area (Å²) in [5, 5.41) is 32.6. The van der Waals surface area contributed by atoms with Gasteiger partial charge < -0.3 is 30.5 Å². The normalized spacial score (nSPS) is 24.5. The van der Waals surface area contributed by atoms with Crippen molar-refractivity contribution in [1.82, 2.24) is 9.97 Å². The summed E-state index contributed by atoms with van der Waals surface area (Å²) in [6, 6.07) is 14.3. The molecule has 0 spiro atoms. The van der Waals surface area contributed by atoms with Crippen molar-refractivity contribution >= 4 is 40.9 Å². The van der Waals surface area contributed by atoms with E-state index in [9.17, 15) is 15.3 Å². The number of aliphatic hydroxyl groups is 3. The Hall–Kier alpha value is -1.95. The van der Waals surface area contributed by atoms with Crippen LogP contribution in [0.25, 0.3) is 11.3 Å². The molecule has 1 aromatic heterocycles. The van der Waals surface area contributed by atoms with Crippen LogP contribution in [0.5, 0.6) is 0 Å². The van der Waals surface area contributed by atoms with Gasteiger partial charge >= 0.3 is 0 Å². The minimum atomic E-state index is -1.26. The van der Waals surface area contributed by atoms with Crippen molar-refractivity contribution in [3.8, 4) is 11.3 Å². The Morgan fingerprint density at radius 3 is 2.49 bits per heavy atom. The van der Waals surface area contributed by atoms with E-state index >= 15 is 0 Å². The molecule has 11 heteroatoms. The largest absolute Gasteiger partial charge is 0.394 e. The maximum atomic E-state index is 11.0. The van der Waals surface area contributed by atoms with Crippen LogP contribution in [0.3, 0.4) is 0 Å². The van der Waals surface area contributed by atoms with Gasteiger partial charge in [-0.25, -0.2) is 9.97 Å². The maximum Gasteiger partial charge on any atom is 0.220 e. The van der Waals surface area contributed by atoms with Gasteiger partial charge in [-0.05, 0) is 42.8 Å². The molecule has 186 valence electrons. The van der Waals surface area contributed by atoms with Crippen LogP contribution in [0.15, 0.2) is 53.4 Å². The smallest absolute Gasteiger partial charge is 0.220 e. The Kier molecular flexibility index (Phi) is 8.51. The van der Waals surface area contributed by atoms with Crippen molar-refractivity contribution in [2.24, 2.45) is 0 Å². The van der Waals surface area contributed by atoms with Crippen molar-refractivity contribution in [2.45, 2.75) is 48.3 Å². The van der Waals surface area contributed by atoms with Crippen LogP contribution in [0.4, 0.5) is 5.95 Å². The van der Waals surface area contributed by atoms with Crippen molar-refractivity contribution in [2.75, 3.05) is 12.3 Å². The molecule has 8 nitrogen and oxygen atoms in total. The predicted molar refractivity (Wildman–Crippen MR) is 135 cm³/mol. The van der Waals surface area contributed by atoms with Gasteiger partial charge in [0.25, 0.3) is 0 Å². The van der Waals surface area contributed by atoms with Gasteiger partial charge in [0.05, 0.1) is 24.6 Å². The number of rotatable bonds is 7. The van der Waals surface area contributed by atoms with Gasteiger partial charge in [-0.2, -0.15) is 0 Å². The number of nitrogens with two attached hydrogens (primary N) is 1. The number of ether oxygens (including phenoxy) is 2. The zero-order valence-electron chi connectivity index (χ0n) is 18.7. The summed E-state index contributed by atoms with van der Waals surface area (Å²) in [7, 11) is 0. The molecular formula is C24H25Cl2N3O5S. The molecular weight excluding hydrogens is 513 g/mol. The minimum absolute atomic E-state index is 0.0574. The minimum Gasteiger partial charge on any atom is -0.394 e. The van der Waals surface area contributed by atoms with Gasteiger partial charge in [0.2, 0.25) is 5.95 Å². The van der Waals surface area contributed by atoms with Crippen LogP contribution in [0, 0.1) is 6.92 Å². The van der Waals surface area contributed by atoms with E-state index in [0.29, 0.717) is 21.4 Å². The number of anilines is 1. The zero-order valence-corrected chi connectivity index (χ0v) is 21.0. The van der Waals surface area contributed by atoms with Gasteiger partial charge in [0.15, 0.2) is 0 Å². The highest BCUT2D eigenvalue weighted by Crippen LogP contribution is 2.36. The number of aromatic nitrogens is 2. The third kappa shape index (κ3) is 6.25. The second kappa shape index (κ2) is 11.4. The number of aryl methyl sites for hydroxylation is 1. The number of halogens is 2. The molecule has 1 aliphatic rings. The Balaban J connectivity index is 1.51. The first-order valence-corrected chi connectivity index (χ1v) is 12.4. The van der Waals surface area contributed by atoms with E-state index in [1.165, 1.54) is 11.8 Å². The van der Waals surface area contributed by atoms with Gasteiger partial charge in [-0.15, -0.1) is 0 Å². The second-order valence-corrected chi connectivity index (χ2v) is 10.1. The number of thioether (sulfide) groups is 1. The van der Waals surface area contributed by atoms with Crippen molar-refractivity contribution in [3.63, 3.8) is 0 Å². The predicted octanol–water partition coefficient (Wildman–Crippen LogP) is 3.46. The summed E-state index contributed by atoms with van der Waals surface area (Å²) in [6.07, 6.45) is -4.45. The number of hydrogen-bond acceptors (Lipinski definition) is 9. The SMILES string of the molecule is Cc1ccc(S[C@H]2OC(CO)[C@H](O)[C@H](OCc3cc(-c4ccc(Cl)cc4)nc(N)n3)C2O)cc1Cl. The van der Waals surface area contributed by atoms with Gasteiger partial charge in [0, 0.05) is 20.5 Å². The third-order valence-corrected chi connectivity index (χ3v) is 7.39. The van der Waals surface area contributed by atoms with Gasteiger partial charge in [-0.1, -0.05) is 53.2 Å². The van der Waals surface area contributed by atoms with Crippen LogP contribution in [0.1, 0.15) is 11.3 Å². The molecule has 2 heterocycles. The lowest BCUT2D eigenvalue weighted by Crippen LogP contribution is -2.58. The second-order valence-electron chi connectivity index (χ2n) is 8.12. The molecule has 5 atom stereocenters. The highest BCUT2D eigenvalue weighted by atomic mass is 35.5. The lowest BCUT2D eigenvalue weighted by atomic mass is 10.00. The van der Waals surface area contributed by atoms with E-state index in [-0.39, 0.29) is 12.6 Å². The fourth-order valence-corrected chi connectivity index (χ4v) is 5.13. The van der Waals surface area contributed by atoms with Gasteiger partial charge in [-0.3, -0.25) is 0 Å². The number of benzene rings is 2. The van der Waals surface area contributed by atoms with E-state index < -0.39 is 36.5 Å². The summed E-state index contributed by atoms with van der Waals surface area (Å²) in [5.41, 5.74) is 7.85. The third-order valence-electron chi connectivity index (χ3n) is 5.58. The van der Waals surface area contributed by atoms with E-state index in [2.05, 4.69) is 9.97 Å². The molecule has 3 aromatic rings. The van der Waals surface area contributed by atoms with Crippen LogP contribution in [-0.2, 0) is 16.1 Å². The fraction of sp³-hybridized carbons (Fsp3) is 0.333. The molecule has 1 aliphatic heterocycles. The summed E-state index contributed by atoms with van der Waals surface area (Å²) in [5.74, 6) is 0.0574. The zero-order chi connectivity index (χ0) is 25.1. The molecule has 5 N–H and O–H groups in total. The van der Waals surface area contributed by atoms with Crippen LogP contribution in [-0.4, -0.2) is 61.7 Å². The molecule has 1 saturated heterocycles. The lowest BCUT2D eigenvalue weighted by molar-refractivity contribution is -0.223. The first-order chi connectivity index (χ1) is 16.7. The maximum absolute atomic E-state index is 11.0. The number of aliphatic hydroxyl groups excluding tert-OH is 3. The van der Waals surface area contributed by atoms with Crippen molar-refractivity contribution < 1.29 is 24.8 Å². The first-order valence-electron chi connectivity index (χ1n) is 10.8. The van der Waals surface area contributed by atoms with Gasteiger partial charge in [0.1, 0.15) is 29.9 Å². The summed E-state index contributed by atoms with van der Waals surface area (Å²) < 4.78 is 11.7. The standard InChI is InChI=1S/C24H25Cl2N3O5S/c1-12-2-7-16(9-17(12)26)35-23-21(32)22(20(31)19(10-30)34-23)33-11-15-8-18(29-24(27)28-15)13-3-5-14(25)6-4-13/h2-9,19-23,30-32H,10-11H2,1H3,(H2,27,28,29)/t19?,20-,21?,22-,23+/m0/s1. The first kappa shape index (κ1) is 26.1. The molecule has 4 rings (SSSR count). The van der Waals surface area contributed by atoms with E-state index in [0.717, 1.165) is 16.0 Å². The molecule has 2 unspecified atom stereocenters. The van der Waals surface area contributed by atoms with Crippen molar-refractivity contribution in [1.29, 1.82) is 0 Å². The Morgan fingerprint density at radius 1 is 1.06 bits per heavy atom. The highest BCUT2D eigenvalue weighted by molar-refractivity contribution is 7.99.